The molecule has 4 nitrogen and oxygen atoms in total. The van der Waals surface area contributed by atoms with E-state index in [4.69, 9.17) is 10.5 Å². The van der Waals surface area contributed by atoms with Crippen LogP contribution in [0.3, 0.4) is 0 Å². The zero-order chi connectivity index (χ0) is 14.9. The molecule has 2 aliphatic rings. The van der Waals surface area contributed by atoms with E-state index in [2.05, 4.69) is 28.9 Å². The molecule has 0 bridgehead atoms. The summed E-state index contributed by atoms with van der Waals surface area (Å²) in [7, 11) is 1.69. The van der Waals surface area contributed by atoms with E-state index in [-0.39, 0.29) is 5.54 Å². The van der Waals surface area contributed by atoms with Crippen LogP contribution in [-0.2, 0) is 0 Å². The van der Waals surface area contributed by atoms with E-state index >= 15 is 0 Å². The van der Waals surface area contributed by atoms with Crippen molar-refractivity contribution < 1.29 is 4.74 Å². The van der Waals surface area contributed by atoms with Crippen molar-refractivity contribution >= 4 is 11.6 Å². The van der Waals surface area contributed by atoms with Crippen LogP contribution >= 0.6 is 0 Å². The maximum atomic E-state index is 6.25. The number of hydrogen-bond donors (Lipinski definition) is 1. The summed E-state index contributed by atoms with van der Waals surface area (Å²) >= 11 is 0. The van der Waals surface area contributed by atoms with Gasteiger partial charge in [0, 0.05) is 5.69 Å². The zero-order valence-electron chi connectivity index (χ0n) is 13.0. The van der Waals surface area contributed by atoms with Crippen LogP contribution in [0.4, 0.5) is 5.69 Å². The van der Waals surface area contributed by atoms with E-state index in [0.29, 0.717) is 11.9 Å². The highest BCUT2D eigenvalue weighted by Crippen LogP contribution is 2.45. The number of ether oxygens (including phenoxy) is 1. The van der Waals surface area contributed by atoms with Gasteiger partial charge in [0.25, 0.3) is 0 Å². The lowest BCUT2D eigenvalue weighted by molar-refractivity contribution is 0.201. The van der Waals surface area contributed by atoms with Crippen molar-refractivity contribution in [3.63, 3.8) is 0 Å². The van der Waals surface area contributed by atoms with Crippen molar-refractivity contribution in [2.45, 2.75) is 44.6 Å². The Labute approximate surface area is 127 Å². The van der Waals surface area contributed by atoms with Gasteiger partial charge >= 0.3 is 0 Å². The molecule has 114 valence electrons. The predicted octanol–water partition coefficient (Wildman–Crippen LogP) is 3.17. The van der Waals surface area contributed by atoms with Crippen LogP contribution in [0.2, 0.25) is 0 Å². The Morgan fingerprint density at radius 2 is 2.10 bits per heavy atom. The third-order valence-electron chi connectivity index (χ3n) is 5.18. The van der Waals surface area contributed by atoms with Crippen LogP contribution in [0.5, 0.6) is 5.75 Å². The molecule has 0 radical (unpaired) electrons. The Morgan fingerprint density at radius 3 is 2.76 bits per heavy atom. The fraction of sp³-hybridized carbons (Fsp3) is 0.588. The third kappa shape index (κ3) is 2.27. The van der Waals surface area contributed by atoms with Crippen molar-refractivity contribution in [3.05, 3.63) is 24.3 Å². The predicted molar refractivity (Wildman–Crippen MR) is 86.9 cm³/mol. The minimum absolute atomic E-state index is 0.0890. The molecule has 4 heteroatoms. The van der Waals surface area contributed by atoms with Crippen LogP contribution in [0.25, 0.3) is 0 Å². The van der Waals surface area contributed by atoms with Crippen molar-refractivity contribution in [2.75, 3.05) is 18.6 Å². The molecule has 1 aromatic carbocycles. The molecular weight excluding hydrogens is 262 g/mol. The number of nitrogens with zero attached hydrogens (tertiary/aromatic N) is 2. The largest absolute Gasteiger partial charge is 0.497 e. The van der Waals surface area contributed by atoms with Crippen LogP contribution in [0.1, 0.15) is 39.0 Å². The first-order valence-electron chi connectivity index (χ1n) is 7.95. The maximum absolute atomic E-state index is 6.25. The van der Waals surface area contributed by atoms with Gasteiger partial charge in [-0.2, -0.15) is 0 Å². The fourth-order valence-corrected chi connectivity index (χ4v) is 4.09. The molecule has 1 aromatic rings. The molecule has 3 rings (SSSR count). The van der Waals surface area contributed by atoms with E-state index in [1.54, 1.807) is 7.11 Å². The van der Waals surface area contributed by atoms with Gasteiger partial charge in [0.1, 0.15) is 5.75 Å². The topological polar surface area (TPSA) is 50.8 Å². The number of nitrogens with two attached hydrogens (primary N) is 1. The number of rotatable bonds is 3. The summed E-state index contributed by atoms with van der Waals surface area (Å²) in [6.45, 7) is 3.13. The van der Waals surface area contributed by atoms with Crippen molar-refractivity contribution in [3.8, 4) is 5.75 Å². The molecule has 1 heterocycles. The SMILES string of the molecule is CCC1CCCCC12CN=C(N)N2c1ccc(OC)cc1. The van der Waals surface area contributed by atoms with Gasteiger partial charge in [-0.05, 0) is 43.0 Å². The van der Waals surface area contributed by atoms with E-state index in [9.17, 15) is 0 Å². The summed E-state index contributed by atoms with van der Waals surface area (Å²) in [6, 6.07) is 8.18. The van der Waals surface area contributed by atoms with Crippen LogP contribution in [-0.4, -0.2) is 25.2 Å². The number of guanidine groups is 1. The van der Waals surface area contributed by atoms with Gasteiger partial charge in [0.05, 0.1) is 19.2 Å². The van der Waals surface area contributed by atoms with Gasteiger partial charge < -0.3 is 15.4 Å². The van der Waals surface area contributed by atoms with Crippen LogP contribution in [0, 0.1) is 5.92 Å². The second-order valence-electron chi connectivity index (χ2n) is 6.16. The molecule has 1 saturated carbocycles. The second-order valence-corrected chi connectivity index (χ2v) is 6.16. The Hall–Kier alpha value is -1.71. The summed E-state index contributed by atoms with van der Waals surface area (Å²) < 4.78 is 5.26. The van der Waals surface area contributed by atoms with Crippen molar-refractivity contribution in [1.29, 1.82) is 0 Å². The summed E-state index contributed by atoms with van der Waals surface area (Å²) in [4.78, 5) is 6.89. The minimum atomic E-state index is 0.0890. The quantitative estimate of drug-likeness (QED) is 0.929. The standard InChI is InChI=1S/C17H25N3O/c1-3-13-6-4-5-11-17(13)12-19-16(18)20(17)14-7-9-15(21-2)10-8-14/h7-10,13H,3-6,11-12H2,1-2H3,(H2,18,19). The number of methoxy groups -OCH3 is 1. The first-order valence-corrected chi connectivity index (χ1v) is 7.95. The number of benzene rings is 1. The van der Waals surface area contributed by atoms with Crippen LogP contribution < -0.4 is 15.4 Å². The highest BCUT2D eigenvalue weighted by Gasteiger charge is 2.49. The Kier molecular flexibility index (Phi) is 3.79. The monoisotopic (exact) mass is 287 g/mol. The molecule has 1 fully saturated rings. The van der Waals surface area contributed by atoms with Gasteiger partial charge in [-0.25, -0.2) is 0 Å². The summed E-state index contributed by atoms with van der Waals surface area (Å²) in [6.07, 6.45) is 6.26. The molecular formula is C17H25N3O. The molecule has 2 N–H and O–H groups in total. The summed E-state index contributed by atoms with van der Waals surface area (Å²) in [5.74, 6) is 2.21. The van der Waals surface area contributed by atoms with E-state index in [0.717, 1.165) is 18.0 Å². The lowest BCUT2D eigenvalue weighted by Crippen LogP contribution is -2.57. The van der Waals surface area contributed by atoms with Crippen LogP contribution in [0.15, 0.2) is 29.3 Å². The van der Waals surface area contributed by atoms with Crippen molar-refractivity contribution in [2.24, 2.45) is 16.6 Å². The first kappa shape index (κ1) is 14.2. The summed E-state index contributed by atoms with van der Waals surface area (Å²) in [5, 5.41) is 0. The molecule has 1 spiro atoms. The van der Waals surface area contributed by atoms with E-state index in [1.807, 2.05) is 12.1 Å². The van der Waals surface area contributed by atoms with Gasteiger partial charge in [0.2, 0.25) is 0 Å². The smallest absolute Gasteiger partial charge is 0.196 e. The average molecular weight is 287 g/mol. The summed E-state index contributed by atoms with van der Waals surface area (Å²) in [5.41, 5.74) is 7.47. The number of anilines is 1. The fourth-order valence-electron chi connectivity index (χ4n) is 4.09. The maximum Gasteiger partial charge on any atom is 0.196 e. The molecule has 1 aliphatic heterocycles. The molecule has 2 atom stereocenters. The highest BCUT2D eigenvalue weighted by atomic mass is 16.5. The number of hydrogen-bond acceptors (Lipinski definition) is 4. The van der Waals surface area contributed by atoms with E-state index < -0.39 is 0 Å². The molecule has 0 aromatic heterocycles. The lowest BCUT2D eigenvalue weighted by Gasteiger charge is -2.47. The minimum Gasteiger partial charge on any atom is -0.497 e. The van der Waals surface area contributed by atoms with Gasteiger partial charge in [-0.15, -0.1) is 0 Å². The average Bonchev–Trinajstić information content (AvgIpc) is 2.85. The van der Waals surface area contributed by atoms with Gasteiger partial charge in [0.15, 0.2) is 5.96 Å². The Balaban J connectivity index is 1.97. The molecule has 1 aliphatic carbocycles. The second kappa shape index (κ2) is 5.58. The van der Waals surface area contributed by atoms with E-state index in [1.165, 1.54) is 32.1 Å². The first-order chi connectivity index (χ1) is 10.2. The zero-order valence-corrected chi connectivity index (χ0v) is 13.0. The van der Waals surface area contributed by atoms with Gasteiger partial charge in [-0.1, -0.05) is 26.2 Å². The molecule has 21 heavy (non-hydrogen) atoms. The lowest BCUT2D eigenvalue weighted by atomic mass is 9.70. The highest BCUT2D eigenvalue weighted by molar-refractivity contribution is 5.98. The third-order valence-corrected chi connectivity index (χ3v) is 5.18. The van der Waals surface area contributed by atoms with Crippen molar-refractivity contribution in [1.82, 2.24) is 0 Å². The van der Waals surface area contributed by atoms with Gasteiger partial charge in [-0.3, -0.25) is 4.99 Å². The molecule has 0 amide bonds. The molecule has 2 unspecified atom stereocenters. The Morgan fingerprint density at radius 1 is 1.33 bits per heavy atom. The number of aliphatic imine (C=N–C) groups is 1. The Bertz CT molecular complexity index is 525. The normalized spacial score (nSPS) is 28.8. The molecule has 0 saturated heterocycles.